The van der Waals surface area contributed by atoms with Crippen molar-refractivity contribution >= 4 is 21.6 Å². The van der Waals surface area contributed by atoms with Crippen molar-refractivity contribution in [1.29, 1.82) is 0 Å². The summed E-state index contributed by atoms with van der Waals surface area (Å²) in [6, 6.07) is 12.5. The lowest BCUT2D eigenvalue weighted by molar-refractivity contribution is 1.16. The van der Waals surface area contributed by atoms with Gasteiger partial charge in [-0.3, -0.25) is 4.40 Å². The first kappa shape index (κ1) is 11.5. The van der Waals surface area contributed by atoms with Crippen molar-refractivity contribution in [2.24, 2.45) is 0 Å². The van der Waals surface area contributed by atoms with Crippen LogP contribution in [0.3, 0.4) is 0 Å². The summed E-state index contributed by atoms with van der Waals surface area (Å²) in [5.41, 5.74) is 5.65. The zero-order chi connectivity index (χ0) is 12.7. The number of fused-ring (bicyclic) bond motifs is 1. The molecule has 0 saturated carbocycles. The zero-order valence-electron chi connectivity index (χ0n) is 10.3. The number of hydrogen-bond donors (Lipinski definition) is 0. The molecule has 1 aromatic carbocycles. The summed E-state index contributed by atoms with van der Waals surface area (Å²) in [5.74, 6) is 0. The van der Waals surface area contributed by atoms with E-state index in [1.165, 1.54) is 16.8 Å². The Morgan fingerprint density at radius 2 is 1.72 bits per heavy atom. The van der Waals surface area contributed by atoms with Crippen LogP contribution in [0.5, 0.6) is 0 Å². The number of hydrogen-bond acceptors (Lipinski definition) is 1. The highest BCUT2D eigenvalue weighted by Gasteiger charge is 2.10. The van der Waals surface area contributed by atoms with E-state index in [1.807, 2.05) is 0 Å². The van der Waals surface area contributed by atoms with Crippen molar-refractivity contribution < 1.29 is 0 Å². The molecule has 0 aliphatic rings. The predicted molar refractivity (Wildman–Crippen MR) is 77.8 cm³/mol. The van der Waals surface area contributed by atoms with Gasteiger partial charge in [-0.15, -0.1) is 0 Å². The van der Waals surface area contributed by atoms with E-state index in [1.54, 1.807) is 0 Å². The molecule has 2 aromatic heterocycles. The standard InChI is InChI=1S/C15H13BrN2/c1-10-3-8-14-17-11(2)15(18(14)9-10)12-4-6-13(16)7-5-12/h3-9H,1-2H3. The molecular formula is C15H13BrN2. The van der Waals surface area contributed by atoms with Gasteiger partial charge < -0.3 is 0 Å². The van der Waals surface area contributed by atoms with Gasteiger partial charge in [0.25, 0.3) is 0 Å². The third-order valence-electron chi connectivity index (χ3n) is 3.06. The minimum absolute atomic E-state index is 0.996. The zero-order valence-corrected chi connectivity index (χ0v) is 11.9. The predicted octanol–water partition coefficient (Wildman–Crippen LogP) is 4.38. The van der Waals surface area contributed by atoms with Gasteiger partial charge in [0.15, 0.2) is 0 Å². The lowest BCUT2D eigenvalue weighted by Crippen LogP contribution is -1.90. The van der Waals surface area contributed by atoms with Crippen molar-refractivity contribution in [3.05, 3.63) is 58.3 Å². The molecule has 3 rings (SSSR count). The number of aryl methyl sites for hydroxylation is 2. The fourth-order valence-electron chi connectivity index (χ4n) is 2.22. The van der Waals surface area contributed by atoms with Gasteiger partial charge in [-0.1, -0.05) is 34.1 Å². The molecule has 0 unspecified atom stereocenters. The second-order valence-corrected chi connectivity index (χ2v) is 5.40. The summed E-state index contributed by atoms with van der Waals surface area (Å²) in [6.45, 7) is 4.15. The third-order valence-corrected chi connectivity index (χ3v) is 3.59. The Morgan fingerprint density at radius 1 is 1.00 bits per heavy atom. The van der Waals surface area contributed by atoms with Crippen LogP contribution in [0.1, 0.15) is 11.3 Å². The molecule has 0 atom stereocenters. The number of halogens is 1. The molecule has 0 radical (unpaired) electrons. The molecule has 0 aliphatic carbocycles. The van der Waals surface area contributed by atoms with Crippen molar-refractivity contribution in [2.45, 2.75) is 13.8 Å². The van der Waals surface area contributed by atoms with E-state index in [-0.39, 0.29) is 0 Å². The highest BCUT2D eigenvalue weighted by atomic mass is 79.9. The Labute approximate surface area is 114 Å². The molecule has 0 fully saturated rings. The van der Waals surface area contributed by atoms with Gasteiger partial charge in [-0.2, -0.15) is 0 Å². The van der Waals surface area contributed by atoms with Crippen molar-refractivity contribution in [1.82, 2.24) is 9.38 Å². The SMILES string of the molecule is Cc1ccc2nc(C)c(-c3ccc(Br)cc3)n2c1. The van der Waals surface area contributed by atoms with Crippen LogP contribution in [0.4, 0.5) is 0 Å². The Kier molecular flexibility index (Phi) is 2.71. The van der Waals surface area contributed by atoms with Crippen molar-refractivity contribution in [2.75, 3.05) is 0 Å². The van der Waals surface area contributed by atoms with Gasteiger partial charge in [0, 0.05) is 16.2 Å². The van der Waals surface area contributed by atoms with Crippen molar-refractivity contribution in [3.63, 3.8) is 0 Å². The molecule has 3 heteroatoms. The Bertz CT molecular complexity index is 711. The van der Waals surface area contributed by atoms with Gasteiger partial charge in [-0.05, 0) is 37.6 Å². The minimum Gasteiger partial charge on any atom is -0.299 e. The largest absolute Gasteiger partial charge is 0.299 e. The van der Waals surface area contributed by atoms with E-state index >= 15 is 0 Å². The number of pyridine rings is 1. The number of rotatable bonds is 1. The number of imidazole rings is 1. The molecule has 90 valence electrons. The lowest BCUT2D eigenvalue weighted by Gasteiger charge is -2.04. The smallest absolute Gasteiger partial charge is 0.137 e. The van der Waals surface area contributed by atoms with Crippen LogP contribution in [0.25, 0.3) is 16.9 Å². The fraction of sp³-hybridized carbons (Fsp3) is 0.133. The molecule has 2 heterocycles. The molecule has 3 aromatic rings. The molecule has 0 spiro atoms. The van der Waals surface area contributed by atoms with Crippen LogP contribution in [0.15, 0.2) is 47.1 Å². The maximum absolute atomic E-state index is 4.60. The van der Waals surface area contributed by atoms with E-state index in [2.05, 4.69) is 81.8 Å². The molecular weight excluding hydrogens is 288 g/mol. The maximum atomic E-state index is 4.60. The summed E-state index contributed by atoms with van der Waals surface area (Å²) >= 11 is 3.47. The Hall–Kier alpha value is -1.61. The Morgan fingerprint density at radius 3 is 2.44 bits per heavy atom. The normalized spacial score (nSPS) is 11.1. The van der Waals surface area contributed by atoms with Gasteiger partial charge in [0.05, 0.1) is 11.4 Å². The summed E-state index contributed by atoms with van der Waals surface area (Å²) < 4.78 is 3.25. The highest BCUT2D eigenvalue weighted by molar-refractivity contribution is 9.10. The van der Waals surface area contributed by atoms with Crippen LogP contribution >= 0.6 is 15.9 Å². The molecule has 0 bridgehead atoms. The summed E-state index contributed by atoms with van der Waals surface area (Å²) in [4.78, 5) is 4.60. The van der Waals surface area contributed by atoms with Crippen LogP contribution < -0.4 is 0 Å². The topological polar surface area (TPSA) is 17.3 Å². The lowest BCUT2D eigenvalue weighted by atomic mass is 10.1. The molecule has 0 N–H and O–H groups in total. The first-order chi connectivity index (χ1) is 8.65. The van der Waals surface area contributed by atoms with Crippen LogP contribution in [-0.4, -0.2) is 9.38 Å². The first-order valence-electron chi connectivity index (χ1n) is 5.86. The van der Waals surface area contributed by atoms with Gasteiger partial charge in [-0.25, -0.2) is 4.98 Å². The number of benzene rings is 1. The second-order valence-electron chi connectivity index (χ2n) is 4.49. The number of nitrogens with zero attached hydrogens (tertiary/aromatic N) is 2. The van der Waals surface area contributed by atoms with E-state index < -0.39 is 0 Å². The third kappa shape index (κ3) is 1.85. The summed E-state index contributed by atoms with van der Waals surface area (Å²) in [7, 11) is 0. The van der Waals surface area contributed by atoms with Gasteiger partial charge in [0.1, 0.15) is 5.65 Å². The van der Waals surface area contributed by atoms with Gasteiger partial charge in [0.2, 0.25) is 0 Å². The van der Waals surface area contributed by atoms with E-state index in [9.17, 15) is 0 Å². The van der Waals surface area contributed by atoms with E-state index in [0.29, 0.717) is 0 Å². The van der Waals surface area contributed by atoms with Crippen LogP contribution in [0, 0.1) is 13.8 Å². The Balaban J connectivity index is 2.30. The monoisotopic (exact) mass is 300 g/mol. The minimum atomic E-state index is 0.996. The molecule has 0 aliphatic heterocycles. The van der Waals surface area contributed by atoms with Crippen LogP contribution in [0.2, 0.25) is 0 Å². The number of aromatic nitrogens is 2. The second kappa shape index (κ2) is 4.25. The molecule has 18 heavy (non-hydrogen) atoms. The van der Waals surface area contributed by atoms with Gasteiger partial charge >= 0.3 is 0 Å². The van der Waals surface area contributed by atoms with Crippen LogP contribution in [-0.2, 0) is 0 Å². The average Bonchev–Trinajstić information content (AvgIpc) is 2.66. The molecule has 2 nitrogen and oxygen atoms in total. The van der Waals surface area contributed by atoms with E-state index in [0.717, 1.165) is 15.8 Å². The fourth-order valence-corrected chi connectivity index (χ4v) is 2.49. The van der Waals surface area contributed by atoms with E-state index in [4.69, 9.17) is 0 Å². The quantitative estimate of drug-likeness (QED) is 0.652. The molecule has 0 saturated heterocycles. The maximum Gasteiger partial charge on any atom is 0.137 e. The summed E-state index contributed by atoms with van der Waals surface area (Å²) in [5, 5.41) is 0. The average molecular weight is 301 g/mol. The summed E-state index contributed by atoms with van der Waals surface area (Å²) in [6.07, 6.45) is 2.13. The highest BCUT2D eigenvalue weighted by Crippen LogP contribution is 2.26. The van der Waals surface area contributed by atoms with Crippen molar-refractivity contribution in [3.8, 4) is 11.3 Å². The first-order valence-corrected chi connectivity index (χ1v) is 6.66. The molecule has 0 amide bonds.